The van der Waals surface area contributed by atoms with Gasteiger partial charge in [0.15, 0.2) is 11.6 Å². The number of nitriles is 1. The van der Waals surface area contributed by atoms with Crippen LogP contribution in [0.3, 0.4) is 0 Å². The molecule has 0 spiro atoms. The first-order valence-corrected chi connectivity index (χ1v) is 3.32. The van der Waals surface area contributed by atoms with E-state index in [1.165, 1.54) is 6.07 Å². The summed E-state index contributed by atoms with van der Waals surface area (Å²) in [5.41, 5.74) is -1.03. The molecule has 0 aliphatic carbocycles. The van der Waals surface area contributed by atoms with E-state index in [-0.39, 0.29) is 5.46 Å². The predicted molar refractivity (Wildman–Crippen MR) is 40.9 cm³/mol. The van der Waals surface area contributed by atoms with Gasteiger partial charge >= 0.3 is 7.12 Å². The summed E-state index contributed by atoms with van der Waals surface area (Å²) in [4.78, 5) is 0. The minimum Gasteiger partial charge on any atom is -0.423 e. The normalized spacial score (nSPS) is 9.46. The standard InChI is InChI=1S/C7H4BF2NO2/c9-6-2-1-5(8(12)13)4(3-11)7(6)10/h1-2,12-13H. The van der Waals surface area contributed by atoms with Gasteiger partial charge in [0.05, 0.1) is 5.56 Å². The Balaban J connectivity index is 3.41. The van der Waals surface area contributed by atoms with Crippen LogP contribution in [0.25, 0.3) is 0 Å². The molecule has 1 aromatic rings. The van der Waals surface area contributed by atoms with E-state index in [0.717, 1.165) is 12.1 Å². The summed E-state index contributed by atoms with van der Waals surface area (Å²) in [5, 5.41) is 25.7. The Morgan fingerprint density at radius 2 is 1.92 bits per heavy atom. The molecule has 66 valence electrons. The van der Waals surface area contributed by atoms with Crippen molar-refractivity contribution in [2.75, 3.05) is 0 Å². The fraction of sp³-hybridized carbons (Fsp3) is 0. The molecule has 0 aliphatic rings. The van der Waals surface area contributed by atoms with E-state index in [1.54, 1.807) is 0 Å². The maximum Gasteiger partial charge on any atom is 0.489 e. The van der Waals surface area contributed by atoms with Gasteiger partial charge in [0.1, 0.15) is 6.07 Å². The lowest BCUT2D eigenvalue weighted by atomic mass is 9.77. The van der Waals surface area contributed by atoms with Gasteiger partial charge in [0, 0.05) is 5.46 Å². The summed E-state index contributed by atoms with van der Waals surface area (Å²) in [6.45, 7) is 0. The summed E-state index contributed by atoms with van der Waals surface area (Å²) in [7, 11) is -1.98. The zero-order chi connectivity index (χ0) is 10.0. The minimum atomic E-state index is -1.98. The van der Waals surface area contributed by atoms with Crippen LogP contribution < -0.4 is 5.46 Å². The first-order valence-electron chi connectivity index (χ1n) is 3.32. The monoisotopic (exact) mass is 183 g/mol. The summed E-state index contributed by atoms with van der Waals surface area (Å²) in [6.07, 6.45) is 0. The van der Waals surface area contributed by atoms with Gasteiger partial charge in [0.2, 0.25) is 0 Å². The van der Waals surface area contributed by atoms with Gasteiger partial charge in [-0.05, 0) is 6.07 Å². The molecule has 0 fully saturated rings. The second-order valence-corrected chi connectivity index (χ2v) is 2.31. The highest BCUT2D eigenvalue weighted by Gasteiger charge is 2.21. The van der Waals surface area contributed by atoms with E-state index in [4.69, 9.17) is 15.3 Å². The Hall–Kier alpha value is -1.45. The molecule has 0 aliphatic heterocycles. The third kappa shape index (κ3) is 1.66. The highest BCUT2D eigenvalue weighted by atomic mass is 19.2. The molecule has 0 unspecified atom stereocenters. The maximum atomic E-state index is 12.8. The van der Waals surface area contributed by atoms with Crippen LogP contribution in [0.2, 0.25) is 0 Å². The molecule has 0 atom stereocenters. The number of benzene rings is 1. The highest BCUT2D eigenvalue weighted by Crippen LogP contribution is 2.08. The molecule has 0 saturated heterocycles. The van der Waals surface area contributed by atoms with Crippen LogP contribution in [0.15, 0.2) is 12.1 Å². The quantitative estimate of drug-likeness (QED) is 0.577. The fourth-order valence-electron chi connectivity index (χ4n) is 0.894. The number of nitrogens with zero attached hydrogens (tertiary/aromatic N) is 1. The molecule has 0 radical (unpaired) electrons. The van der Waals surface area contributed by atoms with Crippen molar-refractivity contribution in [1.82, 2.24) is 0 Å². The topological polar surface area (TPSA) is 64.2 Å². The molecule has 0 saturated carbocycles. The second-order valence-electron chi connectivity index (χ2n) is 2.31. The highest BCUT2D eigenvalue weighted by molar-refractivity contribution is 6.59. The molecule has 1 rings (SSSR count). The zero-order valence-electron chi connectivity index (χ0n) is 6.33. The number of rotatable bonds is 1. The van der Waals surface area contributed by atoms with Crippen LogP contribution in [0.4, 0.5) is 8.78 Å². The SMILES string of the molecule is N#Cc1c(B(O)O)ccc(F)c1F. The van der Waals surface area contributed by atoms with Crippen molar-refractivity contribution in [2.45, 2.75) is 0 Å². The lowest BCUT2D eigenvalue weighted by Crippen LogP contribution is -2.33. The van der Waals surface area contributed by atoms with E-state index >= 15 is 0 Å². The summed E-state index contributed by atoms with van der Waals surface area (Å²) < 4.78 is 25.3. The van der Waals surface area contributed by atoms with Crippen LogP contribution in [-0.4, -0.2) is 17.2 Å². The Kier molecular flexibility index (Phi) is 2.61. The van der Waals surface area contributed by atoms with Gasteiger partial charge in [0.25, 0.3) is 0 Å². The molecular weight excluding hydrogens is 179 g/mol. The molecule has 2 N–H and O–H groups in total. The average Bonchev–Trinajstić information content (AvgIpc) is 2.09. The lowest BCUT2D eigenvalue weighted by Gasteiger charge is -2.02. The van der Waals surface area contributed by atoms with Crippen molar-refractivity contribution in [3.8, 4) is 6.07 Å². The van der Waals surface area contributed by atoms with Gasteiger partial charge in [-0.1, -0.05) is 6.07 Å². The van der Waals surface area contributed by atoms with E-state index in [9.17, 15) is 8.78 Å². The van der Waals surface area contributed by atoms with Crippen molar-refractivity contribution in [3.63, 3.8) is 0 Å². The van der Waals surface area contributed by atoms with Crippen molar-refractivity contribution in [3.05, 3.63) is 29.3 Å². The third-order valence-electron chi connectivity index (χ3n) is 1.52. The van der Waals surface area contributed by atoms with E-state index in [2.05, 4.69) is 0 Å². The molecule has 0 bridgehead atoms. The first kappa shape index (κ1) is 9.64. The Morgan fingerprint density at radius 3 is 2.38 bits per heavy atom. The van der Waals surface area contributed by atoms with E-state index < -0.39 is 24.3 Å². The Labute approximate surface area is 73.0 Å². The van der Waals surface area contributed by atoms with Gasteiger partial charge in [-0.3, -0.25) is 0 Å². The van der Waals surface area contributed by atoms with Crippen molar-refractivity contribution in [1.29, 1.82) is 5.26 Å². The molecule has 13 heavy (non-hydrogen) atoms. The molecule has 0 aromatic heterocycles. The Morgan fingerprint density at radius 1 is 1.31 bits per heavy atom. The Bertz CT molecular complexity index is 375. The maximum absolute atomic E-state index is 12.8. The van der Waals surface area contributed by atoms with Crippen molar-refractivity contribution < 1.29 is 18.8 Å². The number of hydrogen-bond donors (Lipinski definition) is 2. The van der Waals surface area contributed by atoms with Crippen LogP contribution in [0.5, 0.6) is 0 Å². The van der Waals surface area contributed by atoms with E-state index in [0.29, 0.717) is 0 Å². The van der Waals surface area contributed by atoms with Gasteiger partial charge in [-0.2, -0.15) is 5.26 Å². The van der Waals surface area contributed by atoms with Crippen molar-refractivity contribution in [2.24, 2.45) is 0 Å². The van der Waals surface area contributed by atoms with Gasteiger partial charge < -0.3 is 10.0 Å². The largest absolute Gasteiger partial charge is 0.489 e. The van der Waals surface area contributed by atoms with Crippen LogP contribution in [0, 0.1) is 23.0 Å². The van der Waals surface area contributed by atoms with E-state index in [1.807, 2.05) is 0 Å². The molecular formula is C7H4BF2NO2. The van der Waals surface area contributed by atoms with Crippen LogP contribution in [-0.2, 0) is 0 Å². The predicted octanol–water partition coefficient (Wildman–Crippen LogP) is -0.484. The van der Waals surface area contributed by atoms with Gasteiger partial charge in [-0.25, -0.2) is 8.78 Å². The molecule has 6 heteroatoms. The minimum absolute atomic E-state index is 0.346. The van der Waals surface area contributed by atoms with Crippen LogP contribution >= 0.6 is 0 Å². The summed E-state index contributed by atoms with van der Waals surface area (Å²) in [6, 6.07) is 3.02. The number of hydrogen-bond acceptors (Lipinski definition) is 3. The zero-order valence-corrected chi connectivity index (χ0v) is 6.33. The smallest absolute Gasteiger partial charge is 0.423 e. The van der Waals surface area contributed by atoms with Gasteiger partial charge in [-0.15, -0.1) is 0 Å². The molecule has 0 amide bonds. The fourth-order valence-corrected chi connectivity index (χ4v) is 0.894. The summed E-state index contributed by atoms with van der Waals surface area (Å²) in [5.74, 6) is -2.56. The average molecular weight is 183 g/mol. The molecule has 0 heterocycles. The van der Waals surface area contributed by atoms with Crippen LogP contribution in [0.1, 0.15) is 5.56 Å². The lowest BCUT2D eigenvalue weighted by molar-refractivity contribution is 0.424. The van der Waals surface area contributed by atoms with Crippen molar-refractivity contribution >= 4 is 12.6 Å². The second kappa shape index (κ2) is 3.52. The molecule has 1 aromatic carbocycles. The third-order valence-corrected chi connectivity index (χ3v) is 1.52. The number of halogens is 2. The molecule has 3 nitrogen and oxygen atoms in total. The summed E-state index contributed by atoms with van der Waals surface area (Å²) >= 11 is 0. The first-order chi connectivity index (χ1) is 6.07.